The Morgan fingerprint density at radius 2 is 1.48 bits per heavy atom. The molecule has 3 unspecified atom stereocenters. The fourth-order valence-corrected chi connectivity index (χ4v) is 12.4. The highest BCUT2D eigenvalue weighted by atomic mass is 35.5. The number of anilines is 2. The minimum atomic E-state index is -1.07. The van der Waals surface area contributed by atoms with Crippen LogP contribution in [0.3, 0.4) is 0 Å². The minimum Gasteiger partial charge on any atom is -0.491 e. The molecule has 450 valence electrons. The van der Waals surface area contributed by atoms with Gasteiger partial charge in [0.1, 0.15) is 35.9 Å². The molecule has 8 rings (SSSR count). The molecular weight excluding hydrogens is 1110 g/mol. The number of piperidine rings is 1. The van der Waals surface area contributed by atoms with Gasteiger partial charge in [0.05, 0.1) is 61.0 Å². The number of amides is 6. The van der Waals surface area contributed by atoms with Gasteiger partial charge in [0.25, 0.3) is 11.8 Å². The van der Waals surface area contributed by atoms with Crippen LogP contribution < -0.4 is 20.7 Å². The molecule has 0 spiro atoms. The third kappa shape index (κ3) is 16.7. The van der Waals surface area contributed by atoms with Crippen LogP contribution in [0.15, 0.2) is 82.2 Å². The number of ether oxygens (including phenoxy) is 4. The summed E-state index contributed by atoms with van der Waals surface area (Å²) in [6, 6.07) is 18.0. The van der Waals surface area contributed by atoms with Gasteiger partial charge in [0.15, 0.2) is 5.82 Å². The molecule has 0 aliphatic carbocycles. The van der Waals surface area contributed by atoms with E-state index in [-0.39, 0.29) is 92.5 Å². The van der Waals surface area contributed by atoms with Crippen LogP contribution in [-0.4, -0.2) is 136 Å². The number of thioether (sulfide) groups is 1. The van der Waals surface area contributed by atoms with Crippen LogP contribution in [0.25, 0.3) is 0 Å². The number of esters is 1. The molecule has 4 aromatic rings. The van der Waals surface area contributed by atoms with E-state index in [1.165, 1.54) is 10.5 Å². The first-order chi connectivity index (χ1) is 40.4. The molecule has 1 aromatic heterocycles. The Morgan fingerprint density at radius 3 is 2.17 bits per heavy atom. The van der Waals surface area contributed by atoms with Crippen LogP contribution in [0.5, 0.6) is 5.75 Å². The summed E-state index contributed by atoms with van der Waals surface area (Å²) in [6.07, 6.45) is 8.63. The third-order valence-electron chi connectivity index (χ3n) is 15.1. The van der Waals surface area contributed by atoms with Crippen molar-refractivity contribution in [3.8, 4) is 5.75 Å². The third-order valence-corrected chi connectivity index (χ3v) is 16.8. The van der Waals surface area contributed by atoms with E-state index in [1.54, 1.807) is 59.1 Å². The number of aliphatic imine (C=N–C) groups is 1. The number of nitrogens with zero attached hydrogens (tertiary/aromatic N) is 6. The number of aryl methyl sites for hydroxylation is 1. The number of aromatic nitrogens is 3. The molecule has 3 aromatic carbocycles. The largest absolute Gasteiger partial charge is 0.491 e. The van der Waals surface area contributed by atoms with Crippen molar-refractivity contribution in [3.63, 3.8) is 0 Å². The zero-order valence-corrected chi connectivity index (χ0v) is 50.5. The van der Waals surface area contributed by atoms with Crippen molar-refractivity contribution in [2.75, 3.05) is 63.3 Å². The molecule has 84 heavy (non-hydrogen) atoms. The van der Waals surface area contributed by atoms with Gasteiger partial charge in [-0.3, -0.25) is 53.3 Å². The molecule has 0 radical (unpaired) electrons. The highest BCUT2D eigenvalue weighted by Gasteiger charge is 2.46. The van der Waals surface area contributed by atoms with Crippen LogP contribution in [0, 0.1) is 12.8 Å². The number of allylic oxidation sites excluding steroid dienone is 2. The van der Waals surface area contributed by atoms with Crippen LogP contribution in [0.1, 0.15) is 167 Å². The SMILES string of the molecule is CC1=C(C)C2C(c3ccc(Cl)cc3)=N[C@@H](CC(=O)Nc3ccc(OCCOCCN(CCOCCNc4cccc5c4C(=O)N(C4CCC(=O)NC4=O)C5=O)C(=O)CCCCCCCCCCC(=O)OC(C)(C)C)cc3)c3nnc(C)n3C2S1. The molecule has 1 fully saturated rings. The summed E-state index contributed by atoms with van der Waals surface area (Å²) in [6.45, 7) is 14.1. The van der Waals surface area contributed by atoms with E-state index in [4.69, 9.17) is 35.5 Å². The number of fused-ring (bicyclic) bond motifs is 4. The summed E-state index contributed by atoms with van der Waals surface area (Å²) in [4.78, 5) is 99.7. The van der Waals surface area contributed by atoms with E-state index in [2.05, 4.69) is 44.6 Å². The molecule has 5 heterocycles. The first-order valence-electron chi connectivity index (χ1n) is 29.2. The summed E-state index contributed by atoms with van der Waals surface area (Å²) in [5.74, 6) is -0.707. The molecule has 4 aliphatic heterocycles. The first kappa shape index (κ1) is 63.1. The molecule has 3 N–H and O–H groups in total. The number of halogens is 1. The zero-order valence-electron chi connectivity index (χ0n) is 49.0. The van der Waals surface area contributed by atoms with Crippen molar-refractivity contribution in [3.05, 3.63) is 111 Å². The second kappa shape index (κ2) is 29.7. The van der Waals surface area contributed by atoms with E-state index in [1.807, 2.05) is 52.0 Å². The normalized spacial score (nSPS) is 18.4. The Kier molecular flexibility index (Phi) is 22.3. The van der Waals surface area contributed by atoms with Crippen LogP contribution >= 0.6 is 23.4 Å². The lowest BCUT2D eigenvalue weighted by atomic mass is 9.90. The van der Waals surface area contributed by atoms with Crippen LogP contribution in [0.4, 0.5) is 11.4 Å². The van der Waals surface area contributed by atoms with Gasteiger partial charge in [-0.1, -0.05) is 73.9 Å². The van der Waals surface area contributed by atoms with Crippen LogP contribution in [0.2, 0.25) is 5.02 Å². The average molecular weight is 1190 g/mol. The maximum atomic E-state index is 13.7. The van der Waals surface area contributed by atoms with Crippen molar-refractivity contribution in [1.29, 1.82) is 0 Å². The van der Waals surface area contributed by atoms with Crippen molar-refractivity contribution < 1.29 is 52.5 Å². The smallest absolute Gasteiger partial charge is 0.306 e. The molecule has 4 atom stereocenters. The number of nitrogens with one attached hydrogen (secondary N) is 3. The monoisotopic (exact) mass is 1190 g/mol. The van der Waals surface area contributed by atoms with E-state index < -0.39 is 41.3 Å². The number of carbonyl (C=O) groups excluding carboxylic acids is 7. The Bertz CT molecular complexity index is 3090. The summed E-state index contributed by atoms with van der Waals surface area (Å²) in [5, 5.41) is 18.0. The van der Waals surface area contributed by atoms with Crippen molar-refractivity contribution >= 4 is 81.9 Å². The number of rotatable bonds is 30. The van der Waals surface area contributed by atoms with Gasteiger partial charge in [-0.05, 0) is 120 Å². The quantitative estimate of drug-likeness (QED) is 0.0250. The molecular formula is C62H78ClN9O11S. The second-order valence-corrected chi connectivity index (χ2v) is 24.3. The highest BCUT2D eigenvalue weighted by Crippen LogP contribution is 2.53. The zero-order chi connectivity index (χ0) is 59.9. The summed E-state index contributed by atoms with van der Waals surface area (Å²) >= 11 is 8.06. The van der Waals surface area contributed by atoms with E-state index in [0.29, 0.717) is 60.4 Å². The van der Waals surface area contributed by atoms with E-state index in [9.17, 15) is 33.6 Å². The van der Waals surface area contributed by atoms with Crippen molar-refractivity contribution in [1.82, 2.24) is 29.9 Å². The van der Waals surface area contributed by atoms with Crippen molar-refractivity contribution in [2.24, 2.45) is 10.9 Å². The topological polar surface area (TPSA) is 242 Å². The lowest BCUT2D eigenvalue weighted by Crippen LogP contribution is -2.54. The van der Waals surface area contributed by atoms with Gasteiger partial charge in [0.2, 0.25) is 23.6 Å². The number of unbranched alkanes of at least 4 members (excludes halogenated alkanes) is 7. The Balaban J connectivity index is 0.778. The Morgan fingerprint density at radius 1 is 0.798 bits per heavy atom. The maximum Gasteiger partial charge on any atom is 0.306 e. The molecule has 22 heteroatoms. The van der Waals surface area contributed by atoms with Gasteiger partial charge >= 0.3 is 5.97 Å². The summed E-state index contributed by atoms with van der Waals surface area (Å²) in [7, 11) is 0. The van der Waals surface area contributed by atoms with Gasteiger partial charge in [0, 0.05) is 55.3 Å². The van der Waals surface area contributed by atoms with Crippen molar-refractivity contribution in [2.45, 2.75) is 148 Å². The molecule has 1 saturated heterocycles. The lowest BCUT2D eigenvalue weighted by molar-refractivity contribution is -0.155. The fraction of sp³-hybridized carbons (Fsp3) is 0.516. The predicted octanol–water partition coefficient (Wildman–Crippen LogP) is 9.96. The molecule has 0 saturated carbocycles. The van der Waals surface area contributed by atoms with Crippen LogP contribution in [-0.2, 0) is 38.2 Å². The highest BCUT2D eigenvalue weighted by molar-refractivity contribution is 8.03. The lowest BCUT2D eigenvalue weighted by Gasteiger charge is -2.27. The van der Waals surface area contributed by atoms with Gasteiger partial charge < -0.3 is 34.5 Å². The fourth-order valence-electron chi connectivity index (χ4n) is 10.8. The number of carbonyl (C=O) groups is 7. The number of imide groups is 2. The first-order valence-corrected chi connectivity index (χ1v) is 30.5. The van der Waals surface area contributed by atoms with E-state index >= 15 is 0 Å². The predicted molar refractivity (Wildman–Crippen MR) is 321 cm³/mol. The van der Waals surface area contributed by atoms with Gasteiger partial charge in [-0.25, -0.2) is 0 Å². The number of hydrogen-bond donors (Lipinski definition) is 3. The molecule has 0 bridgehead atoms. The minimum absolute atomic E-state index is 0.00140. The Labute approximate surface area is 500 Å². The molecule has 4 aliphatic rings. The standard InChI is InChI=1S/C62H78ClN9O11S/c1-39-40(2)84-61-54(39)56(42-20-22-43(63)23-21-42)66-48(57-69-68-41(3)71(57)61)38-51(74)65-44-24-26-45(27-25-44)82-37-36-81-35-32-70(52(75)18-13-11-9-7-8-10-12-14-19-53(76)83-62(4,5)6)31-34-80-33-30-64-47-17-15-16-46-55(47)60(79)72(59(46)78)49-28-29-50(73)67-58(49)77/h15-17,20-27,48-49,54,61,64H,7-14,18-19,28-38H2,1-6H3,(H,65,74)(H,67,73,77)/t48-,49?,54?,61?/m0/s1. The average Bonchev–Trinajstić information content (AvgIpc) is 2.42. The van der Waals surface area contributed by atoms with E-state index in [0.717, 1.165) is 73.4 Å². The molecule has 6 amide bonds. The number of benzene rings is 3. The number of hydrogen-bond acceptors (Lipinski definition) is 16. The van der Waals surface area contributed by atoms with Gasteiger partial charge in [-0.15, -0.1) is 22.0 Å². The Hall–Kier alpha value is -6.94. The summed E-state index contributed by atoms with van der Waals surface area (Å²) in [5.41, 5.74) is 3.96. The maximum absolute atomic E-state index is 13.7. The summed E-state index contributed by atoms with van der Waals surface area (Å²) < 4.78 is 25.4. The molecule has 20 nitrogen and oxygen atoms in total. The second-order valence-electron chi connectivity index (χ2n) is 22.5. The van der Waals surface area contributed by atoms with Gasteiger partial charge in [-0.2, -0.15) is 0 Å².